The fourth-order valence-corrected chi connectivity index (χ4v) is 3.68. The summed E-state index contributed by atoms with van der Waals surface area (Å²) in [6, 6.07) is 8.08. The van der Waals surface area contributed by atoms with Gasteiger partial charge in [0.25, 0.3) is 11.7 Å². The highest BCUT2D eigenvalue weighted by Gasteiger charge is 2.46. The Balaban J connectivity index is 2.09. The number of Topliss-reactive ketones (excluding diaryl/α,β-unsaturated/α-hetero) is 1. The molecule has 1 atom stereocenters. The SMILES string of the molecule is CC[NH+](CC)CCN1C(=O)C(=O)C(=C(O)c2ccncc2)[C@@H]1c1cccc(F)c1. The Kier molecular flexibility index (Phi) is 6.39. The average molecular weight is 398 g/mol. The normalized spacial score (nSPS) is 18.6. The van der Waals surface area contributed by atoms with Crippen LogP contribution in [0.1, 0.15) is 31.0 Å². The van der Waals surface area contributed by atoms with E-state index in [0.29, 0.717) is 24.2 Å². The fourth-order valence-electron chi connectivity index (χ4n) is 3.68. The molecular formula is C22H25FN3O3+. The number of amides is 1. The predicted octanol–water partition coefficient (Wildman–Crippen LogP) is 1.57. The first-order valence-electron chi connectivity index (χ1n) is 9.75. The molecule has 152 valence electrons. The van der Waals surface area contributed by atoms with Crippen LogP contribution in [0.2, 0.25) is 0 Å². The van der Waals surface area contributed by atoms with E-state index in [0.717, 1.165) is 13.1 Å². The molecule has 0 radical (unpaired) electrons. The lowest BCUT2D eigenvalue weighted by Gasteiger charge is -2.27. The molecule has 0 bridgehead atoms. The Bertz CT molecular complexity index is 926. The molecule has 2 heterocycles. The van der Waals surface area contributed by atoms with Crippen LogP contribution in [-0.4, -0.2) is 52.9 Å². The number of aliphatic hydroxyl groups excluding tert-OH is 1. The number of rotatable bonds is 7. The van der Waals surface area contributed by atoms with E-state index in [9.17, 15) is 19.1 Å². The number of likely N-dealkylation sites (N-methyl/N-ethyl adjacent to an activating group) is 1. The van der Waals surface area contributed by atoms with Crippen LogP contribution < -0.4 is 4.90 Å². The van der Waals surface area contributed by atoms with Gasteiger partial charge in [-0.15, -0.1) is 0 Å². The molecule has 0 saturated carbocycles. The Morgan fingerprint density at radius 2 is 1.86 bits per heavy atom. The van der Waals surface area contributed by atoms with Gasteiger partial charge in [-0.05, 0) is 43.7 Å². The topological polar surface area (TPSA) is 74.9 Å². The second kappa shape index (κ2) is 8.96. The molecule has 3 rings (SSSR count). The first-order chi connectivity index (χ1) is 14.0. The highest BCUT2D eigenvalue weighted by Crippen LogP contribution is 2.39. The van der Waals surface area contributed by atoms with Crippen LogP contribution in [0.5, 0.6) is 0 Å². The zero-order chi connectivity index (χ0) is 21.0. The number of carbonyl (C=O) groups is 2. The molecule has 0 aliphatic carbocycles. The molecule has 1 aromatic carbocycles. The molecular weight excluding hydrogens is 373 g/mol. The fraction of sp³-hybridized carbons (Fsp3) is 0.318. The molecule has 1 amide bonds. The maximum absolute atomic E-state index is 13.9. The van der Waals surface area contributed by atoms with Crippen LogP contribution in [0.15, 0.2) is 54.4 Å². The van der Waals surface area contributed by atoms with E-state index in [2.05, 4.69) is 18.8 Å². The number of hydrogen-bond acceptors (Lipinski definition) is 4. The van der Waals surface area contributed by atoms with Crippen molar-refractivity contribution in [3.05, 3.63) is 71.3 Å². The monoisotopic (exact) mass is 398 g/mol. The maximum Gasteiger partial charge on any atom is 0.295 e. The Labute approximate surface area is 169 Å². The second-order valence-corrected chi connectivity index (χ2v) is 6.99. The van der Waals surface area contributed by atoms with E-state index in [1.165, 1.54) is 40.4 Å². The van der Waals surface area contributed by atoms with Gasteiger partial charge in [0.15, 0.2) is 0 Å². The third-order valence-electron chi connectivity index (χ3n) is 5.36. The number of carbonyl (C=O) groups excluding carboxylic acids is 2. The lowest BCUT2D eigenvalue weighted by Crippen LogP contribution is -3.12. The van der Waals surface area contributed by atoms with Gasteiger partial charge < -0.3 is 14.9 Å². The number of nitrogens with one attached hydrogen (secondary N) is 1. The van der Waals surface area contributed by atoms with Crippen molar-refractivity contribution in [2.45, 2.75) is 19.9 Å². The van der Waals surface area contributed by atoms with Crippen molar-refractivity contribution in [1.29, 1.82) is 0 Å². The summed E-state index contributed by atoms with van der Waals surface area (Å²) in [5.74, 6) is -2.19. The number of nitrogens with zero attached hydrogens (tertiary/aromatic N) is 2. The zero-order valence-corrected chi connectivity index (χ0v) is 16.6. The van der Waals surface area contributed by atoms with Crippen LogP contribution in [-0.2, 0) is 9.59 Å². The van der Waals surface area contributed by atoms with Crippen molar-refractivity contribution in [2.75, 3.05) is 26.2 Å². The number of ketones is 1. The number of likely N-dealkylation sites (tertiary alicyclic amines) is 1. The van der Waals surface area contributed by atoms with Crippen LogP contribution >= 0.6 is 0 Å². The summed E-state index contributed by atoms with van der Waals surface area (Å²) in [5.41, 5.74) is 0.810. The molecule has 2 aromatic rings. The van der Waals surface area contributed by atoms with E-state index >= 15 is 0 Å². The third kappa shape index (κ3) is 4.19. The number of benzene rings is 1. The summed E-state index contributed by atoms with van der Waals surface area (Å²) in [7, 11) is 0. The maximum atomic E-state index is 13.9. The van der Waals surface area contributed by atoms with Crippen LogP contribution in [0.25, 0.3) is 5.76 Å². The van der Waals surface area contributed by atoms with Crippen LogP contribution in [0.4, 0.5) is 4.39 Å². The molecule has 0 spiro atoms. The van der Waals surface area contributed by atoms with Crippen molar-refractivity contribution >= 4 is 17.4 Å². The standard InChI is InChI=1S/C22H24FN3O3/c1-3-25(4-2)12-13-26-19(16-6-5-7-17(23)14-16)18(21(28)22(26)29)20(27)15-8-10-24-11-9-15/h5-11,14,19,27H,3-4,12-13H2,1-2H3/p+1/t19-/m0/s1. The van der Waals surface area contributed by atoms with Crippen LogP contribution in [0, 0.1) is 5.82 Å². The average Bonchev–Trinajstić information content (AvgIpc) is 2.99. The first kappa shape index (κ1) is 20.7. The van der Waals surface area contributed by atoms with Crippen molar-refractivity contribution in [3.63, 3.8) is 0 Å². The number of halogens is 1. The van der Waals surface area contributed by atoms with Gasteiger partial charge in [0.2, 0.25) is 0 Å². The molecule has 7 heteroatoms. The smallest absolute Gasteiger partial charge is 0.295 e. The molecule has 1 aliphatic rings. The van der Waals surface area contributed by atoms with E-state index in [-0.39, 0.29) is 11.3 Å². The Morgan fingerprint density at radius 1 is 1.17 bits per heavy atom. The largest absolute Gasteiger partial charge is 0.507 e. The van der Waals surface area contributed by atoms with Crippen molar-refractivity contribution < 1.29 is 24.0 Å². The van der Waals surface area contributed by atoms with Crippen molar-refractivity contribution in [1.82, 2.24) is 9.88 Å². The highest BCUT2D eigenvalue weighted by molar-refractivity contribution is 6.46. The van der Waals surface area contributed by atoms with Gasteiger partial charge in [-0.3, -0.25) is 14.6 Å². The quantitative estimate of drug-likeness (QED) is 0.422. The zero-order valence-electron chi connectivity index (χ0n) is 16.6. The van der Waals surface area contributed by atoms with Gasteiger partial charge in [0.1, 0.15) is 11.6 Å². The third-order valence-corrected chi connectivity index (χ3v) is 5.36. The van der Waals surface area contributed by atoms with Gasteiger partial charge in [0, 0.05) is 18.0 Å². The lowest BCUT2D eigenvalue weighted by atomic mass is 9.95. The Morgan fingerprint density at radius 3 is 2.48 bits per heavy atom. The number of hydrogen-bond donors (Lipinski definition) is 2. The predicted molar refractivity (Wildman–Crippen MR) is 107 cm³/mol. The summed E-state index contributed by atoms with van der Waals surface area (Å²) in [5, 5.41) is 10.9. The Hall–Kier alpha value is -3.06. The molecule has 1 aromatic heterocycles. The number of aromatic nitrogens is 1. The van der Waals surface area contributed by atoms with Gasteiger partial charge >= 0.3 is 0 Å². The molecule has 2 N–H and O–H groups in total. The van der Waals surface area contributed by atoms with Gasteiger partial charge in [-0.2, -0.15) is 0 Å². The number of quaternary nitrogens is 1. The summed E-state index contributed by atoms with van der Waals surface area (Å²) >= 11 is 0. The van der Waals surface area contributed by atoms with Crippen molar-refractivity contribution in [2.24, 2.45) is 0 Å². The van der Waals surface area contributed by atoms with Gasteiger partial charge in [0.05, 0.1) is 37.8 Å². The van der Waals surface area contributed by atoms with Gasteiger partial charge in [-0.25, -0.2) is 4.39 Å². The molecule has 1 fully saturated rings. The summed E-state index contributed by atoms with van der Waals surface area (Å²) < 4.78 is 13.9. The van der Waals surface area contributed by atoms with Crippen LogP contribution in [0.3, 0.4) is 0 Å². The highest BCUT2D eigenvalue weighted by atomic mass is 19.1. The minimum Gasteiger partial charge on any atom is -0.507 e. The number of aliphatic hydroxyl groups is 1. The van der Waals surface area contributed by atoms with E-state index in [1.54, 1.807) is 18.2 Å². The second-order valence-electron chi connectivity index (χ2n) is 6.99. The van der Waals surface area contributed by atoms with Gasteiger partial charge in [-0.1, -0.05) is 12.1 Å². The first-order valence-corrected chi connectivity index (χ1v) is 9.75. The van der Waals surface area contributed by atoms with Crippen molar-refractivity contribution in [3.8, 4) is 0 Å². The molecule has 6 nitrogen and oxygen atoms in total. The number of pyridine rings is 1. The van der Waals surface area contributed by atoms with E-state index in [4.69, 9.17) is 0 Å². The summed E-state index contributed by atoms with van der Waals surface area (Å²) in [4.78, 5) is 32.3. The minimum atomic E-state index is -0.839. The summed E-state index contributed by atoms with van der Waals surface area (Å²) in [6.07, 6.45) is 2.98. The molecule has 1 aliphatic heterocycles. The summed E-state index contributed by atoms with van der Waals surface area (Å²) in [6.45, 7) is 6.88. The van der Waals surface area contributed by atoms with E-state index < -0.39 is 23.5 Å². The molecule has 0 unspecified atom stereocenters. The van der Waals surface area contributed by atoms with E-state index in [1.807, 2.05) is 0 Å². The lowest BCUT2D eigenvalue weighted by molar-refractivity contribution is -0.895. The molecule has 29 heavy (non-hydrogen) atoms. The molecule has 1 saturated heterocycles. The minimum absolute atomic E-state index is 0.0265.